The summed E-state index contributed by atoms with van der Waals surface area (Å²) in [5.74, 6) is 0. The lowest BCUT2D eigenvalue weighted by atomic mass is 10.0. The Kier molecular flexibility index (Phi) is 7.82. The molecule has 1 aromatic heterocycles. The fourth-order valence-electron chi connectivity index (χ4n) is 8.43. The van der Waals surface area contributed by atoms with Gasteiger partial charge in [-0.3, -0.25) is 0 Å². The fourth-order valence-corrected chi connectivity index (χ4v) is 8.43. The van der Waals surface area contributed by atoms with Crippen LogP contribution >= 0.6 is 0 Å². The van der Waals surface area contributed by atoms with E-state index in [0.717, 1.165) is 66.8 Å². The van der Waals surface area contributed by atoms with Gasteiger partial charge >= 0.3 is 0 Å². The molecular weight excluding hydrogens is 693 g/mol. The lowest BCUT2D eigenvalue weighted by molar-refractivity contribution is 0.673. The van der Waals surface area contributed by atoms with E-state index in [-0.39, 0.29) is 0 Å². The smallest absolute Gasteiger partial charge is 0.143 e. The number of hydrogen-bond acceptors (Lipinski definition) is 3. The normalized spacial score (nSPS) is 11.5. The maximum Gasteiger partial charge on any atom is 0.143 e. The monoisotopic (exact) mass is 728 g/mol. The van der Waals surface area contributed by atoms with Gasteiger partial charge in [0, 0.05) is 39.6 Å². The molecule has 3 heteroatoms. The summed E-state index contributed by atoms with van der Waals surface area (Å²) in [6.07, 6.45) is 0. The van der Waals surface area contributed by atoms with E-state index in [2.05, 4.69) is 228 Å². The summed E-state index contributed by atoms with van der Waals surface area (Å²) < 4.78 is 7.03. The first-order chi connectivity index (χ1) is 28.2. The molecule has 268 valence electrons. The highest BCUT2D eigenvalue weighted by Crippen LogP contribution is 2.49. The van der Waals surface area contributed by atoms with E-state index >= 15 is 0 Å². The molecule has 0 saturated carbocycles. The summed E-state index contributed by atoms with van der Waals surface area (Å²) in [4.78, 5) is 4.74. The van der Waals surface area contributed by atoms with Crippen molar-refractivity contribution in [3.63, 3.8) is 0 Å². The number of hydrogen-bond donors (Lipinski definition) is 0. The second-order valence-electron chi connectivity index (χ2n) is 14.6. The van der Waals surface area contributed by atoms with E-state index in [9.17, 15) is 0 Å². The molecule has 0 aliphatic rings. The van der Waals surface area contributed by atoms with Crippen molar-refractivity contribution in [2.45, 2.75) is 0 Å². The van der Waals surface area contributed by atoms with Crippen LogP contribution in [-0.2, 0) is 0 Å². The molecule has 10 aromatic carbocycles. The van der Waals surface area contributed by atoms with Crippen LogP contribution in [0.1, 0.15) is 0 Å². The number of anilines is 6. The number of benzene rings is 10. The van der Waals surface area contributed by atoms with Crippen molar-refractivity contribution >= 4 is 88.4 Å². The van der Waals surface area contributed by atoms with Crippen molar-refractivity contribution in [1.82, 2.24) is 0 Å². The van der Waals surface area contributed by atoms with E-state index in [4.69, 9.17) is 4.42 Å². The van der Waals surface area contributed by atoms with Crippen molar-refractivity contribution in [1.29, 1.82) is 0 Å². The van der Waals surface area contributed by atoms with Gasteiger partial charge in [-0.2, -0.15) is 0 Å². The average molecular weight is 729 g/mol. The fraction of sp³-hybridized carbons (Fsp3) is 0. The number of para-hydroxylation sites is 2. The van der Waals surface area contributed by atoms with E-state index in [0.29, 0.717) is 0 Å². The van der Waals surface area contributed by atoms with Crippen LogP contribution in [-0.4, -0.2) is 0 Å². The molecule has 11 aromatic rings. The Balaban J connectivity index is 1.19. The molecule has 57 heavy (non-hydrogen) atoms. The molecule has 0 atom stereocenters. The van der Waals surface area contributed by atoms with Crippen molar-refractivity contribution in [3.8, 4) is 11.1 Å². The highest BCUT2D eigenvalue weighted by Gasteiger charge is 2.24. The van der Waals surface area contributed by atoms with Crippen LogP contribution in [0.25, 0.3) is 65.4 Å². The second kappa shape index (κ2) is 13.6. The Morgan fingerprint density at radius 3 is 1.60 bits per heavy atom. The summed E-state index contributed by atoms with van der Waals surface area (Å²) in [5, 5.41) is 9.15. The largest absolute Gasteiger partial charge is 0.455 e. The molecule has 0 spiro atoms. The number of nitrogens with zero attached hydrogens (tertiary/aromatic N) is 2. The lowest BCUT2D eigenvalue weighted by Crippen LogP contribution is -2.13. The van der Waals surface area contributed by atoms with Crippen LogP contribution in [0.5, 0.6) is 0 Å². The first-order valence-corrected chi connectivity index (χ1v) is 19.4. The van der Waals surface area contributed by atoms with Crippen LogP contribution in [0, 0.1) is 0 Å². The molecule has 3 nitrogen and oxygen atoms in total. The Labute approximate surface area is 330 Å². The minimum Gasteiger partial charge on any atom is -0.455 e. The molecule has 0 bridgehead atoms. The lowest BCUT2D eigenvalue weighted by Gasteiger charge is -2.30. The highest BCUT2D eigenvalue weighted by atomic mass is 16.3. The Hall–Kier alpha value is -7.62. The molecule has 11 rings (SSSR count). The third-order valence-electron chi connectivity index (χ3n) is 11.1. The second-order valence-corrected chi connectivity index (χ2v) is 14.6. The minimum atomic E-state index is 0.824. The number of fused-ring (bicyclic) bond motifs is 7. The summed E-state index contributed by atoms with van der Waals surface area (Å²) in [7, 11) is 0. The van der Waals surface area contributed by atoms with Crippen molar-refractivity contribution in [2.75, 3.05) is 9.80 Å². The van der Waals surface area contributed by atoms with Crippen LogP contribution in [0.3, 0.4) is 0 Å². The average Bonchev–Trinajstić information content (AvgIpc) is 3.67. The topological polar surface area (TPSA) is 19.6 Å². The molecule has 0 radical (unpaired) electrons. The maximum absolute atomic E-state index is 7.03. The van der Waals surface area contributed by atoms with Crippen LogP contribution in [0.2, 0.25) is 0 Å². The van der Waals surface area contributed by atoms with Gasteiger partial charge in [0.1, 0.15) is 11.2 Å². The molecule has 0 unspecified atom stereocenters. The van der Waals surface area contributed by atoms with Gasteiger partial charge in [0.15, 0.2) is 0 Å². The molecule has 0 amide bonds. The van der Waals surface area contributed by atoms with E-state index < -0.39 is 0 Å². The zero-order valence-corrected chi connectivity index (χ0v) is 31.1. The zero-order chi connectivity index (χ0) is 37.7. The van der Waals surface area contributed by atoms with Crippen molar-refractivity contribution < 1.29 is 4.42 Å². The molecule has 0 saturated heterocycles. The molecule has 0 fully saturated rings. The van der Waals surface area contributed by atoms with Gasteiger partial charge in [0.25, 0.3) is 0 Å². The number of furan rings is 1. The third kappa shape index (κ3) is 5.76. The first kappa shape index (κ1) is 32.8. The highest BCUT2D eigenvalue weighted by molar-refractivity contribution is 6.20. The maximum atomic E-state index is 7.03. The molecule has 1 heterocycles. The van der Waals surface area contributed by atoms with Crippen molar-refractivity contribution in [3.05, 3.63) is 218 Å². The van der Waals surface area contributed by atoms with Gasteiger partial charge in [-0.15, -0.1) is 0 Å². The Morgan fingerprint density at radius 2 is 0.842 bits per heavy atom. The molecular formula is C54H36N2O. The summed E-state index contributed by atoms with van der Waals surface area (Å²) in [6.45, 7) is 0. The predicted molar refractivity (Wildman–Crippen MR) is 241 cm³/mol. The van der Waals surface area contributed by atoms with Crippen LogP contribution < -0.4 is 9.80 Å². The predicted octanol–water partition coefficient (Wildman–Crippen LogP) is 15.7. The van der Waals surface area contributed by atoms with Gasteiger partial charge in [-0.25, -0.2) is 0 Å². The van der Waals surface area contributed by atoms with E-state index in [1.165, 1.54) is 32.7 Å². The van der Waals surface area contributed by atoms with Gasteiger partial charge in [0.2, 0.25) is 0 Å². The van der Waals surface area contributed by atoms with Gasteiger partial charge in [-0.05, 0) is 105 Å². The third-order valence-corrected chi connectivity index (χ3v) is 11.1. The first-order valence-electron chi connectivity index (χ1n) is 19.4. The summed E-state index contributed by atoms with van der Waals surface area (Å²) >= 11 is 0. The number of rotatable bonds is 7. The molecule has 0 aliphatic carbocycles. The molecule has 0 aliphatic heterocycles. The quantitative estimate of drug-likeness (QED) is 0.163. The van der Waals surface area contributed by atoms with E-state index in [1.807, 2.05) is 0 Å². The van der Waals surface area contributed by atoms with E-state index in [1.54, 1.807) is 0 Å². The van der Waals surface area contributed by atoms with Gasteiger partial charge < -0.3 is 14.2 Å². The van der Waals surface area contributed by atoms with Crippen LogP contribution in [0.4, 0.5) is 34.1 Å². The summed E-state index contributed by atoms with van der Waals surface area (Å²) in [6, 6.07) is 78.2. The Morgan fingerprint density at radius 1 is 0.298 bits per heavy atom. The standard InChI is InChI=1S/C54H36N2O/c1-4-14-37(15-5-1)41-24-25-43-34-46(30-27-42(43)32-41)55(44-19-6-2-7-20-44)48-35-51(53-50-31-28-39-17-12-13-23-49(39)54(50)57-52(53)36-48)56(45-21-8-3-9-22-45)47-29-26-38-16-10-11-18-40(38)33-47/h1-36H. The van der Waals surface area contributed by atoms with Crippen molar-refractivity contribution in [2.24, 2.45) is 0 Å². The molecule has 0 N–H and O–H groups in total. The van der Waals surface area contributed by atoms with Gasteiger partial charge in [0.05, 0.1) is 16.8 Å². The SMILES string of the molecule is c1ccc(-c2ccc3cc(N(c4ccccc4)c4cc(N(c5ccccc5)c5ccc6ccccc6c5)c5c(c4)oc4c6ccccc6ccc45)ccc3c2)cc1. The van der Waals surface area contributed by atoms with Crippen LogP contribution in [0.15, 0.2) is 223 Å². The minimum absolute atomic E-state index is 0.824. The Bertz CT molecular complexity index is 3240. The zero-order valence-electron chi connectivity index (χ0n) is 31.1. The summed E-state index contributed by atoms with van der Waals surface area (Å²) in [5.41, 5.74) is 10.4. The van der Waals surface area contributed by atoms with Gasteiger partial charge in [-0.1, -0.05) is 146 Å².